The molecule has 0 radical (unpaired) electrons. The van der Waals surface area contributed by atoms with Crippen LogP contribution in [-0.2, 0) is 4.74 Å². The molecule has 0 aliphatic carbocycles. The average molecular weight is 227 g/mol. The Balaban J connectivity index is 2.78. The van der Waals surface area contributed by atoms with Crippen molar-refractivity contribution in [1.29, 1.82) is 0 Å². The molecule has 14 heavy (non-hydrogen) atoms. The van der Waals surface area contributed by atoms with Gasteiger partial charge in [0.15, 0.2) is 6.73 Å². The van der Waals surface area contributed by atoms with Crippen molar-refractivity contribution in [2.24, 2.45) is 0 Å². The van der Waals surface area contributed by atoms with Gasteiger partial charge in [0.2, 0.25) is 0 Å². The minimum Gasteiger partial charge on any atom is -0.469 e. The fraction of sp³-hybridized carbons (Fsp3) is 0.111. The predicted octanol–water partition coefficient (Wildman–Crippen LogP) is 2.47. The van der Waals surface area contributed by atoms with Gasteiger partial charge in [0.05, 0.1) is 0 Å². The van der Waals surface area contributed by atoms with E-state index in [2.05, 4.69) is 24.8 Å². The van der Waals surface area contributed by atoms with Gasteiger partial charge in [-0.1, -0.05) is 30.8 Å². The second-order valence-electron chi connectivity index (χ2n) is 2.44. The normalized spacial score (nSPS) is 9.21. The van der Waals surface area contributed by atoms with Crippen molar-refractivity contribution in [3.05, 3.63) is 30.3 Å². The Morgan fingerprint density at radius 3 is 2.64 bits per heavy atom. The van der Waals surface area contributed by atoms with E-state index in [1.54, 1.807) is 12.1 Å². The van der Waals surface area contributed by atoms with E-state index in [0.717, 1.165) is 11.2 Å². The molecular formula is C9H9NO2S2. The van der Waals surface area contributed by atoms with Crippen molar-refractivity contribution in [2.75, 3.05) is 11.6 Å². The molecule has 74 valence electrons. The van der Waals surface area contributed by atoms with E-state index in [1.165, 1.54) is 4.90 Å². The fourth-order valence-corrected chi connectivity index (χ4v) is 1.19. The molecule has 0 atom stereocenters. The standard InChI is InChI=1S/C9H9NO2S2/c11-9(14)10(6-12-7-13)8-4-2-1-3-5-8/h1-5,7H,6H2,(H,11,14). The number of hydrogen-bond donors (Lipinski definition) is 1. The maximum atomic E-state index is 11.1. The Bertz CT molecular complexity index is 316. The molecule has 5 heteroatoms. The number of thiol groups is 1. The summed E-state index contributed by atoms with van der Waals surface area (Å²) in [5.74, 6) is 0. The third-order valence-electron chi connectivity index (χ3n) is 1.57. The van der Waals surface area contributed by atoms with Gasteiger partial charge in [-0.15, -0.1) is 0 Å². The molecule has 0 aliphatic rings. The Morgan fingerprint density at radius 2 is 2.14 bits per heavy atom. The molecule has 0 fully saturated rings. The summed E-state index contributed by atoms with van der Waals surface area (Å²) in [7, 11) is 0. The van der Waals surface area contributed by atoms with Crippen LogP contribution in [0.15, 0.2) is 30.3 Å². The first-order valence-electron chi connectivity index (χ1n) is 3.86. The Morgan fingerprint density at radius 1 is 1.50 bits per heavy atom. The van der Waals surface area contributed by atoms with Crippen LogP contribution in [0.3, 0.4) is 0 Å². The van der Waals surface area contributed by atoms with E-state index >= 15 is 0 Å². The second-order valence-corrected chi connectivity index (χ2v) is 3.01. The first-order chi connectivity index (χ1) is 6.75. The molecule has 0 N–H and O–H groups in total. The van der Waals surface area contributed by atoms with Crippen molar-refractivity contribution in [1.82, 2.24) is 0 Å². The highest BCUT2D eigenvalue weighted by molar-refractivity contribution is 7.96. The van der Waals surface area contributed by atoms with Crippen LogP contribution in [0.25, 0.3) is 0 Å². The van der Waals surface area contributed by atoms with Crippen LogP contribution in [0.1, 0.15) is 0 Å². The van der Waals surface area contributed by atoms with Crippen LogP contribution in [-0.4, -0.2) is 17.5 Å². The first-order valence-corrected chi connectivity index (χ1v) is 4.78. The van der Waals surface area contributed by atoms with Gasteiger partial charge in [-0.3, -0.25) is 9.69 Å². The third-order valence-corrected chi connectivity index (χ3v) is 1.95. The van der Waals surface area contributed by atoms with Crippen LogP contribution in [0.4, 0.5) is 10.5 Å². The maximum Gasteiger partial charge on any atom is 0.285 e. The van der Waals surface area contributed by atoms with Gasteiger partial charge in [0.25, 0.3) is 5.24 Å². The molecule has 3 nitrogen and oxygen atoms in total. The molecule has 1 rings (SSSR count). The van der Waals surface area contributed by atoms with E-state index in [1.807, 2.05) is 18.2 Å². The lowest BCUT2D eigenvalue weighted by Crippen LogP contribution is -2.28. The number of para-hydroxylation sites is 1. The molecule has 0 spiro atoms. The number of amides is 1. The summed E-state index contributed by atoms with van der Waals surface area (Å²) in [6.07, 6.45) is 0. The van der Waals surface area contributed by atoms with Crippen LogP contribution < -0.4 is 4.90 Å². The van der Waals surface area contributed by atoms with Crippen LogP contribution in [0.5, 0.6) is 0 Å². The second kappa shape index (κ2) is 5.62. The number of anilines is 1. The highest BCUT2D eigenvalue weighted by atomic mass is 32.1. The van der Waals surface area contributed by atoms with E-state index in [0.29, 0.717) is 0 Å². The zero-order chi connectivity index (χ0) is 10.4. The Kier molecular flexibility index (Phi) is 4.42. The lowest BCUT2D eigenvalue weighted by molar-refractivity contribution is 0.255. The molecule has 0 aromatic heterocycles. The molecule has 1 aromatic carbocycles. The van der Waals surface area contributed by atoms with Crippen molar-refractivity contribution < 1.29 is 9.53 Å². The zero-order valence-electron chi connectivity index (χ0n) is 7.29. The number of carbonyl (C=O) groups is 1. The first kappa shape index (κ1) is 11.0. The number of nitrogens with zero attached hydrogens (tertiary/aromatic N) is 1. The van der Waals surface area contributed by atoms with E-state index in [-0.39, 0.29) is 12.0 Å². The molecule has 1 amide bonds. The quantitative estimate of drug-likeness (QED) is 0.487. The van der Waals surface area contributed by atoms with Crippen molar-refractivity contribution >= 4 is 41.3 Å². The van der Waals surface area contributed by atoms with Crippen LogP contribution in [0, 0.1) is 0 Å². The summed E-state index contributed by atoms with van der Waals surface area (Å²) in [5, 5.41) is -0.381. The summed E-state index contributed by atoms with van der Waals surface area (Å²) in [4.78, 5) is 12.5. The summed E-state index contributed by atoms with van der Waals surface area (Å²) in [5.41, 5.74) is 1.84. The van der Waals surface area contributed by atoms with Crippen molar-refractivity contribution in [3.8, 4) is 0 Å². The Hall–Kier alpha value is -1.07. The molecule has 0 saturated carbocycles. The molecule has 0 saturated heterocycles. The minimum atomic E-state index is -0.381. The smallest absolute Gasteiger partial charge is 0.285 e. The number of hydrogen-bond acceptors (Lipinski definition) is 3. The number of ether oxygens (including phenoxy) is 1. The summed E-state index contributed by atoms with van der Waals surface area (Å²) < 4.78 is 4.86. The largest absolute Gasteiger partial charge is 0.469 e. The minimum absolute atomic E-state index is 0.0792. The van der Waals surface area contributed by atoms with Crippen LogP contribution in [0.2, 0.25) is 0 Å². The number of carbonyl (C=O) groups excluding carboxylic acids is 1. The monoisotopic (exact) mass is 227 g/mol. The van der Waals surface area contributed by atoms with Gasteiger partial charge in [-0.05, 0) is 24.4 Å². The van der Waals surface area contributed by atoms with Crippen molar-refractivity contribution in [3.63, 3.8) is 0 Å². The van der Waals surface area contributed by atoms with Gasteiger partial charge in [-0.25, -0.2) is 0 Å². The van der Waals surface area contributed by atoms with E-state index in [4.69, 9.17) is 4.74 Å². The molecular weight excluding hydrogens is 218 g/mol. The van der Waals surface area contributed by atoms with Gasteiger partial charge in [0.1, 0.15) is 5.55 Å². The number of thiocarbonyl (C=S) groups is 1. The molecule has 0 aliphatic heterocycles. The summed E-state index contributed by atoms with van der Waals surface area (Å²) in [6.45, 7) is 0.0792. The molecule has 0 bridgehead atoms. The zero-order valence-corrected chi connectivity index (χ0v) is 9.00. The van der Waals surface area contributed by atoms with E-state index < -0.39 is 0 Å². The Labute approximate surface area is 93.1 Å². The molecule has 0 heterocycles. The van der Waals surface area contributed by atoms with Crippen molar-refractivity contribution in [2.45, 2.75) is 0 Å². The predicted molar refractivity (Wildman–Crippen MR) is 62.9 cm³/mol. The van der Waals surface area contributed by atoms with Gasteiger partial charge >= 0.3 is 0 Å². The topological polar surface area (TPSA) is 29.5 Å². The SMILES string of the molecule is O=C(S)N(COC=S)c1ccccc1. The summed E-state index contributed by atoms with van der Waals surface area (Å²) in [6, 6.07) is 9.11. The maximum absolute atomic E-state index is 11.1. The number of rotatable bonds is 4. The van der Waals surface area contributed by atoms with E-state index in [9.17, 15) is 4.79 Å². The van der Waals surface area contributed by atoms with Gasteiger partial charge in [0, 0.05) is 5.69 Å². The lowest BCUT2D eigenvalue weighted by Gasteiger charge is -2.18. The molecule has 0 unspecified atom stereocenters. The summed E-state index contributed by atoms with van der Waals surface area (Å²) >= 11 is 8.23. The number of benzene rings is 1. The lowest BCUT2D eigenvalue weighted by atomic mass is 10.3. The third kappa shape index (κ3) is 3.01. The molecule has 1 aromatic rings. The average Bonchev–Trinajstić information content (AvgIpc) is 2.19. The highest BCUT2D eigenvalue weighted by Crippen LogP contribution is 2.14. The van der Waals surface area contributed by atoms with Gasteiger partial charge < -0.3 is 4.74 Å². The van der Waals surface area contributed by atoms with Gasteiger partial charge in [-0.2, -0.15) is 0 Å². The highest BCUT2D eigenvalue weighted by Gasteiger charge is 2.10. The van der Waals surface area contributed by atoms with Crippen LogP contribution >= 0.6 is 24.8 Å². The fourth-order valence-electron chi connectivity index (χ4n) is 0.953.